The number of hydrogen-bond donors (Lipinski definition) is 1. The molecule has 1 saturated heterocycles. The van der Waals surface area contributed by atoms with Crippen LogP contribution in [0.1, 0.15) is 40.5 Å². The van der Waals surface area contributed by atoms with E-state index in [2.05, 4.69) is 37.9 Å². The second-order valence-corrected chi connectivity index (χ2v) is 6.55. The maximum atomic E-state index is 5.55. The van der Waals surface area contributed by atoms with Crippen LogP contribution >= 0.6 is 0 Å². The van der Waals surface area contributed by atoms with Gasteiger partial charge in [-0.15, -0.1) is 0 Å². The van der Waals surface area contributed by atoms with Crippen molar-refractivity contribution in [2.24, 2.45) is 11.8 Å². The van der Waals surface area contributed by atoms with Crippen LogP contribution in [-0.4, -0.2) is 49.3 Å². The van der Waals surface area contributed by atoms with Crippen LogP contribution in [0.4, 0.5) is 0 Å². The molecular weight excluding hydrogens is 224 g/mol. The zero-order chi connectivity index (χ0) is 13.2. The molecule has 1 saturated carbocycles. The van der Waals surface area contributed by atoms with Crippen molar-refractivity contribution < 1.29 is 4.74 Å². The second-order valence-electron chi connectivity index (χ2n) is 6.55. The Morgan fingerprint density at radius 3 is 2.67 bits per heavy atom. The van der Waals surface area contributed by atoms with E-state index in [4.69, 9.17) is 4.74 Å². The van der Waals surface area contributed by atoms with Gasteiger partial charge in [0.15, 0.2) is 0 Å². The minimum Gasteiger partial charge on any atom is -0.380 e. The SMILES string of the molecule is CCOCCN1CC(C)(C2CC2)NCC1C(C)C. The van der Waals surface area contributed by atoms with Crippen molar-refractivity contribution in [1.82, 2.24) is 10.2 Å². The van der Waals surface area contributed by atoms with Crippen LogP contribution < -0.4 is 5.32 Å². The predicted molar refractivity (Wildman–Crippen MR) is 75.8 cm³/mol. The largest absolute Gasteiger partial charge is 0.380 e. The first-order valence-electron chi connectivity index (χ1n) is 7.63. The maximum absolute atomic E-state index is 5.55. The highest BCUT2D eigenvalue weighted by Crippen LogP contribution is 2.41. The van der Waals surface area contributed by atoms with E-state index in [1.165, 1.54) is 19.4 Å². The third-order valence-electron chi connectivity index (χ3n) is 4.69. The summed E-state index contributed by atoms with van der Waals surface area (Å²) >= 11 is 0. The molecule has 106 valence electrons. The molecule has 2 rings (SSSR count). The second kappa shape index (κ2) is 5.89. The predicted octanol–water partition coefficient (Wildman–Crippen LogP) is 2.12. The van der Waals surface area contributed by atoms with Gasteiger partial charge in [0.1, 0.15) is 0 Å². The van der Waals surface area contributed by atoms with Gasteiger partial charge in [-0.05, 0) is 38.5 Å². The van der Waals surface area contributed by atoms with Gasteiger partial charge in [0.05, 0.1) is 6.61 Å². The summed E-state index contributed by atoms with van der Waals surface area (Å²) in [5, 5.41) is 3.83. The molecular formula is C15H30N2O. The molecule has 3 heteroatoms. The van der Waals surface area contributed by atoms with Gasteiger partial charge in [0.2, 0.25) is 0 Å². The molecule has 0 spiro atoms. The molecule has 0 radical (unpaired) electrons. The minimum atomic E-state index is 0.345. The Morgan fingerprint density at radius 2 is 2.11 bits per heavy atom. The summed E-state index contributed by atoms with van der Waals surface area (Å²) in [6.45, 7) is 14.3. The first-order chi connectivity index (χ1) is 8.57. The molecule has 2 unspecified atom stereocenters. The van der Waals surface area contributed by atoms with E-state index in [0.717, 1.165) is 32.2 Å². The zero-order valence-corrected chi connectivity index (χ0v) is 12.5. The highest BCUT2D eigenvalue weighted by molar-refractivity contribution is 5.04. The summed E-state index contributed by atoms with van der Waals surface area (Å²) in [4.78, 5) is 2.66. The molecule has 18 heavy (non-hydrogen) atoms. The Balaban J connectivity index is 1.94. The lowest BCUT2D eigenvalue weighted by molar-refractivity contribution is 0.0253. The van der Waals surface area contributed by atoms with E-state index in [1.807, 2.05) is 0 Å². The van der Waals surface area contributed by atoms with E-state index in [9.17, 15) is 0 Å². The molecule has 1 aliphatic heterocycles. The van der Waals surface area contributed by atoms with Crippen LogP contribution in [0.3, 0.4) is 0 Å². The molecule has 0 aromatic heterocycles. The van der Waals surface area contributed by atoms with Crippen LogP contribution in [0, 0.1) is 11.8 Å². The van der Waals surface area contributed by atoms with Gasteiger partial charge in [0, 0.05) is 37.8 Å². The molecule has 0 aromatic carbocycles. The molecule has 2 atom stereocenters. The van der Waals surface area contributed by atoms with Crippen molar-refractivity contribution in [3.05, 3.63) is 0 Å². The summed E-state index contributed by atoms with van der Waals surface area (Å²) in [6, 6.07) is 0.664. The standard InChI is InChI=1S/C15H30N2O/c1-5-18-9-8-17-11-15(4,13-6-7-13)16-10-14(17)12(2)3/h12-14,16H,5-11H2,1-4H3. The first-order valence-corrected chi connectivity index (χ1v) is 7.63. The van der Waals surface area contributed by atoms with E-state index in [1.54, 1.807) is 0 Å². The highest BCUT2D eigenvalue weighted by Gasteiger charge is 2.46. The summed E-state index contributed by atoms with van der Waals surface area (Å²) in [5.41, 5.74) is 0.345. The number of hydrogen-bond acceptors (Lipinski definition) is 3. The lowest BCUT2D eigenvalue weighted by Crippen LogP contribution is -2.65. The molecule has 2 fully saturated rings. The Bertz CT molecular complexity index is 265. The minimum absolute atomic E-state index is 0.345. The van der Waals surface area contributed by atoms with E-state index in [0.29, 0.717) is 17.5 Å². The number of ether oxygens (including phenoxy) is 1. The Kier molecular flexibility index (Phi) is 4.68. The summed E-state index contributed by atoms with van der Waals surface area (Å²) in [5.74, 6) is 1.61. The normalized spacial score (nSPS) is 34.2. The number of rotatable bonds is 6. The Hall–Kier alpha value is -0.120. The van der Waals surface area contributed by atoms with Gasteiger partial charge in [-0.1, -0.05) is 13.8 Å². The third-order valence-corrected chi connectivity index (χ3v) is 4.69. The lowest BCUT2D eigenvalue weighted by atomic mass is 9.88. The van der Waals surface area contributed by atoms with E-state index >= 15 is 0 Å². The highest BCUT2D eigenvalue weighted by atomic mass is 16.5. The fourth-order valence-corrected chi connectivity index (χ4v) is 3.28. The molecule has 1 aliphatic carbocycles. The van der Waals surface area contributed by atoms with Crippen molar-refractivity contribution in [1.29, 1.82) is 0 Å². The van der Waals surface area contributed by atoms with Crippen LogP contribution in [0.2, 0.25) is 0 Å². The van der Waals surface area contributed by atoms with Crippen LogP contribution in [0.15, 0.2) is 0 Å². The van der Waals surface area contributed by atoms with Gasteiger partial charge >= 0.3 is 0 Å². The van der Waals surface area contributed by atoms with Gasteiger partial charge in [-0.3, -0.25) is 4.90 Å². The van der Waals surface area contributed by atoms with E-state index in [-0.39, 0.29) is 0 Å². The fraction of sp³-hybridized carbons (Fsp3) is 1.00. The van der Waals surface area contributed by atoms with Gasteiger partial charge in [-0.2, -0.15) is 0 Å². The molecule has 0 bridgehead atoms. The molecule has 0 aromatic rings. The van der Waals surface area contributed by atoms with Crippen molar-refractivity contribution in [2.75, 3.05) is 32.8 Å². The van der Waals surface area contributed by atoms with Crippen molar-refractivity contribution in [2.45, 2.75) is 52.1 Å². The molecule has 3 nitrogen and oxygen atoms in total. The Morgan fingerprint density at radius 1 is 1.39 bits per heavy atom. The van der Waals surface area contributed by atoms with Gasteiger partial charge in [0.25, 0.3) is 0 Å². The number of piperazine rings is 1. The molecule has 1 heterocycles. The lowest BCUT2D eigenvalue weighted by Gasteiger charge is -2.48. The van der Waals surface area contributed by atoms with Gasteiger partial charge in [-0.25, -0.2) is 0 Å². The molecule has 0 amide bonds. The fourth-order valence-electron chi connectivity index (χ4n) is 3.28. The smallest absolute Gasteiger partial charge is 0.0593 e. The van der Waals surface area contributed by atoms with Gasteiger partial charge < -0.3 is 10.1 Å². The molecule has 1 N–H and O–H groups in total. The Labute approximate surface area is 112 Å². The average molecular weight is 254 g/mol. The summed E-state index contributed by atoms with van der Waals surface area (Å²) in [6.07, 6.45) is 2.82. The van der Waals surface area contributed by atoms with Crippen LogP contribution in [0.5, 0.6) is 0 Å². The quantitative estimate of drug-likeness (QED) is 0.735. The monoisotopic (exact) mass is 254 g/mol. The van der Waals surface area contributed by atoms with E-state index < -0.39 is 0 Å². The summed E-state index contributed by atoms with van der Waals surface area (Å²) < 4.78 is 5.55. The maximum Gasteiger partial charge on any atom is 0.0593 e. The topological polar surface area (TPSA) is 24.5 Å². The average Bonchev–Trinajstić information content (AvgIpc) is 3.13. The number of nitrogens with one attached hydrogen (secondary N) is 1. The van der Waals surface area contributed by atoms with Crippen LogP contribution in [-0.2, 0) is 4.74 Å². The zero-order valence-electron chi connectivity index (χ0n) is 12.5. The van der Waals surface area contributed by atoms with Crippen LogP contribution in [0.25, 0.3) is 0 Å². The molecule has 2 aliphatic rings. The number of nitrogens with zero attached hydrogens (tertiary/aromatic N) is 1. The van der Waals surface area contributed by atoms with Crippen molar-refractivity contribution in [3.8, 4) is 0 Å². The van der Waals surface area contributed by atoms with Crippen molar-refractivity contribution in [3.63, 3.8) is 0 Å². The van der Waals surface area contributed by atoms with Crippen molar-refractivity contribution >= 4 is 0 Å². The third kappa shape index (κ3) is 3.25. The summed E-state index contributed by atoms with van der Waals surface area (Å²) in [7, 11) is 0. The first kappa shape index (κ1) is 14.3.